The summed E-state index contributed by atoms with van der Waals surface area (Å²) in [6.07, 6.45) is 0.923. The number of nitrogens with zero attached hydrogens (tertiary/aromatic N) is 2. The summed E-state index contributed by atoms with van der Waals surface area (Å²) in [6, 6.07) is 8.40. The zero-order valence-electron chi connectivity index (χ0n) is 19.3. The molecule has 0 N–H and O–H groups in total. The molecule has 1 aliphatic heterocycles. The number of carbonyl (C=O) groups excluding carboxylic acids is 1. The normalized spacial score (nSPS) is 15.6. The lowest BCUT2D eigenvalue weighted by Crippen LogP contribution is -2.43. The maximum atomic E-state index is 13.9. The molecule has 1 heterocycles. The highest BCUT2D eigenvalue weighted by atomic mass is 32.2. The molecule has 0 aromatic heterocycles. The van der Waals surface area contributed by atoms with E-state index in [0.29, 0.717) is 36.4 Å². The van der Waals surface area contributed by atoms with Gasteiger partial charge >= 0.3 is 0 Å². The zero-order chi connectivity index (χ0) is 23.6. The van der Waals surface area contributed by atoms with E-state index in [4.69, 9.17) is 4.74 Å². The lowest BCUT2D eigenvalue weighted by Gasteiger charge is -2.33. The number of halogens is 1. The fourth-order valence-corrected chi connectivity index (χ4v) is 6.40. The smallest absolute Gasteiger partial charge is 0.243 e. The highest BCUT2D eigenvalue weighted by Crippen LogP contribution is 2.29. The van der Waals surface area contributed by atoms with E-state index in [1.165, 1.54) is 17.5 Å². The first-order valence-corrected chi connectivity index (χ1v) is 12.1. The molecule has 6 nitrogen and oxygen atoms in total. The first kappa shape index (κ1) is 24.2. The number of amides is 1. The van der Waals surface area contributed by atoms with Crippen molar-refractivity contribution in [2.45, 2.75) is 45.1 Å². The Morgan fingerprint density at radius 1 is 1.12 bits per heavy atom. The maximum Gasteiger partial charge on any atom is 0.243 e. The predicted molar refractivity (Wildman–Crippen MR) is 122 cm³/mol. The van der Waals surface area contributed by atoms with Crippen LogP contribution >= 0.6 is 0 Å². The van der Waals surface area contributed by atoms with E-state index >= 15 is 0 Å². The van der Waals surface area contributed by atoms with Crippen LogP contribution in [0.15, 0.2) is 35.2 Å². The molecule has 0 spiro atoms. The second-order valence-electron chi connectivity index (χ2n) is 8.57. The SMILES string of the molecule is COc1ccc(CN(C)C(=O)C2CCN(S(=O)(=O)c3c(C)cc(C)cc3C)CC2)cc1F. The second kappa shape index (κ2) is 9.58. The Morgan fingerprint density at radius 2 is 1.72 bits per heavy atom. The van der Waals surface area contributed by atoms with Gasteiger partial charge in [0.25, 0.3) is 0 Å². The third-order valence-corrected chi connectivity index (χ3v) is 8.22. The molecular weight excluding hydrogens is 431 g/mol. The number of piperidine rings is 1. The third-order valence-electron chi connectivity index (χ3n) is 6.02. The maximum absolute atomic E-state index is 13.9. The highest BCUT2D eigenvalue weighted by molar-refractivity contribution is 7.89. The summed E-state index contributed by atoms with van der Waals surface area (Å²) < 4.78 is 46.9. The Morgan fingerprint density at radius 3 is 2.25 bits per heavy atom. The average Bonchev–Trinajstić information content (AvgIpc) is 2.72. The van der Waals surface area contributed by atoms with Crippen molar-refractivity contribution in [3.63, 3.8) is 0 Å². The van der Waals surface area contributed by atoms with Crippen LogP contribution in [0.25, 0.3) is 0 Å². The number of aryl methyl sites for hydroxylation is 3. The summed E-state index contributed by atoms with van der Waals surface area (Å²) in [4.78, 5) is 14.9. The van der Waals surface area contributed by atoms with Crippen LogP contribution in [0.4, 0.5) is 4.39 Å². The molecule has 1 aliphatic rings. The topological polar surface area (TPSA) is 66.9 Å². The molecule has 0 saturated carbocycles. The summed E-state index contributed by atoms with van der Waals surface area (Å²) >= 11 is 0. The first-order valence-electron chi connectivity index (χ1n) is 10.7. The molecule has 1 saturated heterocycles. The van der Waals surface area contributed by atoms with Gasteiger partial charge in [-0.15, -0.1) is 0 Å². The van der Waals surface area contributed by atoms with Crippen molar-refractivity contribution in [1.29, 1.82) is 0 Å². The number of ether oxygens (including phenoxy) is 1. The van der Waals surface area contributed by atoms with Crippen LogP contribution in [0.3, 0.4) is 0 Å². The minimum absolute atomic E-state index is 0.0547. The monoisotopic (exact) mass is 462 g/mol. The molecule has 32 heavy (non-hydrogen) atoms. The minimum Gasteiger partial charge on any atom is -0.494 e. The number of carbonyl (C=O) groups is 1. The molecule has 2 aromatic carbocycles. The minimum atomic E-state index is -3.61. The zero-order valence-corrected chi connectivity index (χ0v) is 20.1. The van der Waals surface area contributed by atoms with E-state index < -0.39 is 15.8 Å². The summed E-state index contributed by atoms with van der Waals surface area (Å²) in [5.41, 5.74) is 3.19. The van der Waals surface area contributed by atoms with Crippen molar-refractivity contribution >= 4 is 15.9 Å². The summed E-state index contributed by atoms with van der Waals surface area (Å²) in [5.74, 6) is -0.614. The van der Waals surface area contributed by atoms with Gasteiger partial charge < -0.3 is 9.64 Å². The Bertz CT molecular complexity index is 1090. The number of rotatable bonds is 6. The summed E-state index contributed by atoms with van der Waals surface area (Å²) in [7, 11) is -0.523. The van der Waals surface area contributed by atoms with E-state index in [1.807, 2.05) is 32.9 Å². The van der Waals surface area contributed by atoms with Crippen LogP contribution in [0, 0.1) is 32.5 Å². The van der Waals surface area contributed by atoms with Crippen molar-refractivity contribution in [2.24, 2.45) is 5.92 Å². The van der Waals surface area contributed by atoms with Crippen LogP contribution in [0.5, 0.6) is 5.75 Å². The molecule has 8 heteroatoms. The third kappa shape index (κ3) is 4.96. The van der Waals surface area contributed by atoms with Gasteiger partial charge in [0, 0.05) is 32.6 Å². The van der Waals surface area contributed by atoms with Gasteiger partial charge in [-0.25, -0.2) is 12.8 Å². The van der Waals surface area contributed by atoms with Crippen LogP contribution in [-0.2, 0) is 21.4 Å². The largest absolute Gasteiger partial charge is 0.494 e. The average molecular weight is 463 g/mol. The van der Waals surface area contributed by atoms with Crippen molar-refractivity contribution in [3.8, 4) is 5.75 Å². The van der Waals surface area contributed by atoms with E-state index in [1.54, 1.807) is 24.1 Å². The first-order chi connectivity index (χ1) is 15.0. The van der Waals surface area contributed by atoms with Crippen molar-refractivity contribution in [1.82, 2.24) is 9.21 Å². The molecule has 174 valence electrons. The number of benzene rings is 2. The Kier molecular flexibility index (Phi) is 7.25. The van der Waals surface area contributed by atoms with Crippen LogP contribution in [-0.4, -0.2) is 50.8 Å². The van der Waals surface area contributed by atoms with Crippen molar-refractivity contribution in [2.75, 3.05) is 27.2 Å². The van der Waals surface area contributed by atoms with Crippen molar-refractivity contribution < 1.29 is 22.3 Å². The number of methoxy groups -OCH3 is 1. The predicted octanol–water partition coefficient (Wildman–Crippen LogP) is 3.82. The standard InChI is InChI=1S/C24H31FN2O4S/c1-16-12-17(2)23(18(3)13-16)32(29,30)27-10-8-20(9-11-27)24(28)26(4)15-19-6-7-22(31-5)21(25)14-19/h6-7,12-14,20H,8-11,15H2,1-5H3. The van der Waals surface area contributed by atoms with Crippen molar-refractivity contribution in [3.05, 3.63) is 58.4 Å². The summed E-state index contributed by atoms with van der Waals surface area (Å²) in [6.45, 7) is 6.47. The van der Waals surface area contributed by atoms with E-state index in [9.17, 15) is 17.6 Å². The molecule has 2 aromatic rings. The van der Waals surface area contributed by atoms with Crippen LogP contribution in [0.1, 0.15) is 35.1 Å². The number of hydrogen-bond donors (Lipinski definition) is 0. The molecular formula is C24H31FN2O4S. The molecule has 1 fully saturated rings. The van der Waals surface area contributed by atoms with E-state index in [-0.39, 0.29) is 24.1 Å². The van der Waals surface area contributed by atoms with Gasteiger partial charge in [-0.1, -0.05) is 23.8 Å². The summed E-state index contributed by atoms with van der Waals surface area (Å²) in [5, 5.41) is 0. The Balaban J connectivity index is 1.65. The van der Waals surface area contributed by atoms with E-state index in [0.717, 1.165) is 16.7 Å². The van der Waals surface area contributed by atoms with Crippen LogP contribution in [0.2, 0.25) is 0 Å². The molecule has 0 aliphatic carbocycles. The lowest BCUT2D eigenvalue weighted by molar-refractivity contribution is -0.135. The number of hydrogen-bond acceptors (Lipinski definition) is 4. The molecule has 1 amide bonds. The van der Waals surface area contributed by atoms with Gasteiger partial charge in [0.15, 0.2) is 11.6 Å². The van der Waals surface area contributed by atoms with Gasteiger partial charge in [0.05, 0.1) is 12.0 Å². The fourth-order valence-electron chi connectivity index (χ4n) is 4.52. The Hall–Kier alpha value is -2.45. The molecule has 0 atom stereocenters. The van der Waals surface area contributed by atoms with Crippen LogP contribution < -0.4 is 4.74 Å². The number of sulfonamides is 1. The highest BCUT2D eigenvalue weighted by Gasteiger charge is 2.34. The molecule has 3 rings (SSSR count). The Labute approximate surface area is 190 Å². The van der Waals surface area contributed by atoms with E-state index in [2.05, 4.69) is 0 Å². The van der Waals surface area contributed by atoms with Gasteiger partial charge in [0.1, 0.15) is 0 Å². The fraction of sp³-hybridized carbons (Fsp3) is 0.458. The molecule has 0 unspecified atom stereocenters. The second-order valence-corrected chi connectivity index (χ2v) is 10.4. The quantitative estimate of drug-likeness (QED) is 0.655. The van der Waals surface area contributed by atoms with Gasteiger partial charge in [0.2, 0.25) is 15.9 Å². The van der Waals surface area contributed by atoms with Gasteiger partial charge in [-0.2, -0.15) is 4.31 Å². The van der Waals surface area contributed by atoms with Gasteiger partial charge in [-0.3, -0.25) is 4.79 Å². The molecule has 0 bridgehead atoms. The molecule has 0 radical (unpaired) electrons. The lowest BCUT2D eigenvalue weighted by atomic mass is 9.96. The van der Waals surface area contributed by atoms with Gasteiger partial charge in [-0.05, 0) is 62.4 Å².